The molecule has 0 saturated heterocycles. The highest BCUT2D eigenvalue weighted by Crippen LogP contribution is 2.30. The molecule has 3 aromatic carbocycles. The van der Waals surface area contributed by atoms with Crippen LogP contribution in [-0.2, 0) is 6.54 Å². The highest BCUT2D eigenvalue weighted by molar-refractivity contribution is 5.50. The summed E-state index contributed by atoms with van der Waals surface area (Å²) in [6, 6.07) is 22.9. The Morgan fingerprint density at radius 2 is 1.56 bits per heavy atom. The molecule has 0 aliphatic rings. The van der Waals surface area contributed by atoms with Gasteiger partial charge >= 0.3 is 0 Å². The second-order valence-electron chi connectivity index (χ2n) is 5.49. The Morgan fingerprint density at radius 3 is 2.28 bits per heavy atom. The number of anilines is 1. The van der Waals surface area contributed by atoms with Gasteiger partial charge in [0.15, 0.2) is 11.5 Å². The molecule has 0 spiro atoms. The molecule has 0 unspecified atom stereocenters. The fraction of sp³-hybridized carbons (Fsp3) is 0.143. The first-order valence-electron chi connectivity index (χ1n) is 8.26. The second-order valence-corrected chi connectivity index (χ2v) is 5.49. The summed E-state index contributed by atoms with van der Waals surface area (Å²) in [5.41, 5.74) is 1.73. The third kappa shape index (κ3) is 4.44. The van der Waals surface area contributed by atoms with Crippen LogP contribution >= 0.6 is 0 Å². The minimum absolute atomic E-state index is 0.181. The summed E-state index contributed by atoms with van der Waals surface area (Å²) in [6.07, 6.45) is 0. The van der Waals surface area contributed by atoms with Crippen LogP contribution in [0.5, 0.6) is 23.0 Å². The van der Waals surface area contributed by atoms with Gasteiger partial charge in [-0.3, -0.25) is 0 Å². The lowest BCUT2D eigenvalue weighted by atomic mass is 10.2. The molecule has 0 saturated carbocycles. The Hall–Kier alpha value is -3.14. The van der Waals surface area contributed by atoms with Crippen LogP contribution in [0.15, 0.2) is 72.8 Å². The molecule has 0 bridgehead atoms. The van der Waals surface area contributed by atoms with E-state index in [1.807, 2.05) is 73.7 Å². The lowest BCUT2D eigenvalue weighted by Crippen LogP contribution is -2.01. The van der Waals surface area contributed by atoms with Crippen LogP contribution in [0.25, 0.3) is 0 Å². The van der Waals surface area contributed by atoms with Gasteiger partial charge in [-0.1, -0.05) is 30.3 Å². The third-order valence-corrected chi connectivity index (χ3v) is 3.70. The SMILES string of the molecule is CCOc1cccc(CNc2ccc(Oc3ccccc3)cc2)c1O. The number of phenolic OH excluding ortho intramolecular Hbond substituents is 1. The molecule has 0 radical (unpaired) electrons. The number of benzene rings is 3. The van der Waals surface area contributed by atoms with Crippen molar-refractivity contribution in [2.75, 3.05) is 11.9 Å². The fourth-order valence-electron chi connectivity index (χ4n) is 2.45. The molecule has 0 aliphatic carbocycles. The summed E-state index contributed by atoms with van der Waals surface area (Å²) >= 11 is 0. The zero-order chi connectivity index (χ0) is 17.5. The Bertz CT molecular complexity index is 801. The van der Waals surface area contributed by atoms with Crippen molar-refractivity contribution in [1.82, 2.24) is 0 Å². The average Bonchev–Trinajstić information content (AvgIpc) is 2.65. The number of rotatable bonds is 7. The number of hydrogen-bond donors (Lipinski definition) is 2. The van der Waals surface area contributed by atoms with E-state index in [2.05, 4.69) is 5.32 Å². The monoisotopic (exact) mass is 335 g/mol. The highest BCUT2D eigenvalue weighted by atomic mass is 16.5. The Kier molecular flexibility index (Phi) is 5.42. The van der Waals surface area contributed by atoms with E-state index in [1.165, 1.54) is 0 Å². The Morgan fingerprint density at radius 1 is 0.840 bits per heavy atom. The molecular weight excluding hydrogens is 314 g/mol. The minimum Gasteiger partial charge on any atom is -0.504 e. The van der Waals surface area contributed by atoms with Gasteiger partial charge in [0.2, 0.25) is 0 Å². The first-order valence-corrected chi connectivity index (χ1v) is 8.26. The van der Waals surface area contributed by atoms with Crippen LogP contribution in [0, 0.1) is 0 Å². The van der Waals surface area contributed by atoms with E-state index in [0.717, 1.165) is 22.7 Å². The molecule has 4 nitrogen and oxygen atoms in total. The Labute approximate surface area is 147 Å². The molecule has 2 N–H and O–H groups in total. The molecule has 0 atom stereocenters. The summed E-state index contributed by atoms with van der Waals surface area (Å²) in [6.45, 7) is 2.92. The van der Waals surface area contributed by atoms with Gasteiger partial charge in [0.05, 0.1) is 6.61 Å². The van der Waals surface area contributed by atoms with E-state index in [-0.39, 0.29) is 5.75 Å². The van der Waals surface area contributed by atoms with Crippen molar-refractivity contribution < 1.29 is 14.6 Å². The zero-order valence-corrected chi connectivity index (χ0v) is 14.1. The number of phenols is 1. The predicted molar refractivity (Wildman–Crippen MR) is 99.6 cm³/mol. The molecule has 0 fully saturated rings. The summed E-state index contributed by atoms with van der Waals surface area (Å²) in [5, 5.41) is 13.5. The zero-order valence-electron chi connectivity index (χ0n) is 14.1. The van der Waals surface area contributed by atoms with E-state index < -0.39 is 0 Å². The maximum absolute atomic E-state index is 10.2. The van der Waals surface area contributed by atoms with Crippen molar-refractivity contribution in [3.8, 4) is 23.0 Å². The fourth-order valence-corrected chi connectivity index (χ4v) is 2.45. The van der Waals surface area contributed by atoms with Crippen molar-refractivity contribution in [3.63, 3.8) is 0 Å². The molecule has 0 amide bonds. The first kappa shape index (κ1) is 16.7. The van der Waals surface area contributed by atoms with Gasteiger partial charge < -0.3 is 19.9 Å². The molecule has 25 heavy (non-hydrogen) atoms. The summed E-state index contributed by atoms with van der Waals surface area (Å²) in [5.74, 6) is 2.27. The van der Waals surface area contributed by atoms with Crippen LogP contribution in [0.1, 0.15) is 12.5 Å². The number of nitrogens with one attached hydrogen (secondary N) is 1. The van der Waals surface area contributed by atoms with E-state index in [4.69, 9.17) is 9.47 Å². The number of hydrogen-bond acceptors (Lipinski definition) is 4. The van der Waals surface area contributed by atoms with Crippen LogP contribution in [0.4, 0.5) is 5.69 Å². The second kappa shape index (κ2) is 8.11. The van der Waals surface area contributed by atoms with Crippen molar-refractivity contribution in [1.29, 1.82) is 0 Å². The molecule has 0 aromatic heterocycles. The van der Waals surface area contributed by atoms with Gasteiger partial charge in [-0.25, -0.2) is 0 Å². The predicted octanol–water partition coefficient (Wildman–Crippen LogP) is 5.20. The van der Waals surface area contributed by atoms with Crippen molar-refractivity contribution in [3.05, 3.63) is 78.4 Å². The lowest BCUT2D eigenvalue weighted by molar-refractivity contribution is 0.317. The van der Waals surface area contributed by atoms with Crippen molar-refractivity contribution in [2.24, 2.45) is 0 Å². The summed E-state index contributed by atoms with van der Waals surface area (Å²) < 4.78 is 11.2. The smallest absolute Gasteiger partial charge is 0.162 e. The van der Waals surface area contributed by atoms with E-state index >= 15 is 0 Å². The third-order valence-electron chi connectivity index (χ3n) is 3.70. The van der Waals surface area contributed by atoms with Gasteiger partial charge in [0.1, 0.15) is 11.5 Å². The van der Waals surface area contributed by atoms with Gasteiger partial charge in [0, 0.05) is 17.8 Å². The molecule has 3 rings (SSSR count). The molecule has 0 aliphatic heterocycles. The average molecular weight is 335 g/mol. The highest BCUT2D eigenvalue weighted by Gasteiger charge is 2.07. The maximum Gasteiger partial charge on any atom is 0.162 e. The number of para-hydroxylation sites is 2. The normalized spacial score (nSPS) is 10.3. The number of ether oxygens (including phenoxy) is 2. The van der Waals surface area contributed by atoms with Crippen LogP contribution in [0.3, 0.4) is 0 Å². The molecule has 128 valence electrons. The Balaban J connectivity index is 1.61. The topological polar surface area (TPSA) is 50.7 Å². The molecular formula is C21H21NO3. The standard InChI is InChI=1S/C21H21NO3/c1-2-24-20-10-6-7-16(21(20)23)15-22-17-11-13-19(14-12-17)25-18-8-4-3-5-9-18/h3-14,22-23H,2,15H2,1H3. The van der Waals surface area contributed by atoms with Gasteiger partial charge in [-0.15, -0.1) is 0 Å². The van der Waals surface area contributed by atoms with Gasteiger partial charge in [-0.05, 0) is 49.4 Å². The lowest BCUT2D eigenvalue weighted by Gasteiger charge is -2.12. The van der Waals surface area contributed by atoms with E-state index in [1.54, 1.807) is 6.07 Å². The molecule has 0 heterocycles. The van der Waals surface area contributed by atoms with E-state index in [9.17, 15) is 5.11 Å². The summed E-state index contributed by atoms with van der Waals surface area (Å²) in [4.78, 5) is 0. The summed E-state index contributed by atoms with van der Waals surface area (Å²) in [7, 11) is 0. The van der Waals surface area contributed by atoms with Gasteiger partial charge in [-0.2, -0.15) is 0 Å². The van der Waals surface area contributed by atoms with Crippen LogP contribution < -0.4 is 14.8 Å². The van der Waals surface area contributed by atoms with Crippen molar-refractivity contribution in [2.45, 2.75) is 13.5 Å². The first-order chi connectivity index (χ1) is 12.3. The van der Waals surface area contributed by atoms with Crippen molar-refractivity contribution >= 4 is 5.69 Å². The van der Waals surface area contributed by atoms with E-state index in [0.29, 0.717) is 18.9 Å². The largest absolute Gasteiger partial charge is 0.504 e. The minimum atomic E-state index is 0.181. The quantitative estimate of drug-likeness (QED) is 0.623. The van der Waals surface area contributed by atoms with Crippen LogP contribution in [0.2, 0.25) is 0 Å². The molecule has 3 aromatic rings. The maximum atomic E-state index is 10.2. The number of aromatic hydroxyl groups is 1. The van der Waals surface area contributed by atoms with Crippen LogP contribution in [-0.4, -0.2) is 11.7 Å². The molecule has 4 heteroatoms. The van der Waals surface area contributed by atoms with Gasteiger partial charge in [0.25, 0.3) is 0 Å².